The summed E-state index contributed by atoms with van der Waals surface area (Å²) >= 11 is 0. The van der Waals surface area contributed by atoms with Crippen molar-refractivity contribution in [1.82, 2.24) is 4.90 Å². The number of β-amino-alcohol motifs (C(OH)–C–C–N with tert-alkyl or cyclic N) is 2. The van der Waals surface area contributed by atoms with Gasteiger partial charge in [0.1, 0.15) is 6.10 Å². The molecule has 0 amide bonds. The van der Waals surface area contributed by atoms with Gasteiger partial charge in [-0.15, -0.1) is 8.78 Å². The average molecular weight is 317 g/mol. The van der Waals surface area contributed by atoms with E-state index in [1.165, 1.54) is 12.1 Å². The van der Waals surface area contributed by atoms with Crippen LogP contribution in [0.25, 0.3) is 0 Å². The summed E-state index contributed by atoms with van der Waals surface area (Å²) in [4.78, 5) is 1.81. The number of aliphatic hydroxyl groups excluding tert-OH is 3. The van der Waals surface area contributed by atoms with E-state index in [2.05, 4.69) is 9.47 Å². The van der Waals surface area contributed by atoms with Gasteiger partial charge in [0.05, 0.1) is 12.2 Å². The highest BCUT2D eigenvalue weighted by Crippen LogP contribution is 2.41. The molecule has 1 aromatic rings. The van der Waals surface area contributed by atoms with Gasteiger partial charge in [-0.3, -0.25) is 4.90 Å². The zero-order valence-corrected chi connectivity index (χ0v) is 11.7. The van der Waals surface area contributed by atoms with Crippen LogP contribution in [0.4, 0.5) is 8.78 Å². The van der Waals surface area contributed by atoms with Crippen LogP contribution in [-0.2, 0) is 6.42 Å². The molecule has 1 fully saturated rings. The van der Waals surface area contributed by atoms with Crippen molar-refractivity contribution in [2.24, 2.45) is 0 Å². The van der Waals surface area contributed by atoms with Gasteiger partial charge in [0, 0.05) is 19.6 Å². The summed E-state index contributed by atoms with van der Waals surface area (Å²) in [5, 5.41) is 28.7. The first-order valence-corrected chi connectivity index (χ1v) is 6.99. The Morgan fingerprint density at radius 3 is 2.41 bits per heavy atom. The van der Waals surface area contributed by atoms with Crippen LogP contribution >= 0.6 is 0 Å². The molecule has 6 nitrogen and oxygen atoms in total. The van der Waals surface area contributed by atoms with E-state index >= 15 is 0 Å². The number of piperidine rings is 1. The van der Waals surface area contributed by atoms with E-state index in [1.807, 2.05) is 0 Å². The molecule has 1 aromatic carbocycles. The third kappa shape index (κ3) is 3.14. The second-order valence-electron chi connectivity index (χ2n) is 5.58. The van der Waals surface area contributed by atoms with Gasteiger partial charge < -0.3 is 24.8 Å². The third-order valence-corrected chi connectivity index (χ3v) is 3.86. The quantitative estimate of drug-likeness (QED) is 0.725. The van der Waals surface area contributed by atoms with Crippen LogP contribution in [0.2, 0.25) is 0 Å². The molecule has 0 aromatic heterocycles. The maximum atomic E-state index is 12.9. The zero-order valence-electron chi connectivity index (χ0n) is 11.7. The predicted molar refractivity (Wildman–Crippen MR) is 70.8 cm³/mol. The number of benzene rings is 1. The Morgan fingerprint density at radius 2 is 1.73 bits per heavy atom. The van der Waals surface area contributed by atoms with Gasteiger partial charge in [-0.2, -0.15) is 0 Å². The molecule has 1 saturated heterocycles. The molecular formula is C14H17F2NO5. The molecule has 8 heteroatoms. The summed E-state index contributed by atoms with van der Waals surface area (Å²) in [6.45, 7) is 1.01. The molecule has 122 valence electrons. The standard InChI is InChI=1S/C14H17F2NO5/c15-14(16)21-11-2-1-8(5-12(11)22-14)3-4-17-6-9(18)13(20)10(19)7-17/h1-2,5,9-10,13,18-20H,3-4,6-7H2/t9-,10+,13?. The van der Waals surface area contributed by atoms with Gasteiger partial charge in [0.25, 0.3) is 0 Å². The van der Waals surface area contributed by atoms with Crippen molar-refractivity contribution in [2.75, 3.05) is 19.6 Å². The first kappa shape index (κ1) is 15.4. The smallest absolute Gasteiger partial charge is 0.395 e. The summed E-state index contributed by atoms with van der Waals surface area (Å²) in [7, 11) is 0. The van der Waals surface area contributed by atoms with Crippen molar-refractivity contribution >= 4 is 0 Å². The number of rotatable bonds is 3. The summed E-state index contributed by atoms with van der Waals surface area (Å²) in [5.41, 5.74) is 0.773. The Balaban J connectivity index is 1.59. The van der Waals surface area contributed by atoms with Crippen LogP contribution in [0.5, 0.6) is 11.5 Å². The minimum absolute atomic E-state index is 0.000638. The molecule has 2 aliphatic heterocycles. The van der Waals surface area contributed by atoms with Crippen molar-refractivity contribution in [3.05, 3.63) is 23.8 Å². The highest BCUT2D eigenvalue weighted by Gasteiger charge is 2.43. The number of ether oxygens (including phenoxy) is 2. The molecule has 0 aliphatic carbocycles. The lowest BCUT2D eigenvalue weighted by molar-refractivity contribution is -0.286. The maximum absolute atomic E-state index is 12.9. The molecule has 0 spiro atoms. The fourth-order valence-electron chi connectivity index (χ4n) is 2.69. The number of likely N-dealkylation sites (tertiary alicyclic amines) is 1. The normalized spacial score (nSPS) is 30.5. The summed E-state index contributed by atoms with van der Waals surface area (Å²) < 4.78 is 34.6. The maximum Gasteiger partial charge on any atom is 0.586 e. The van der Waals surface area contributed by atoms with Crippen molar-refractivity contribution in [3.8, 4) is 11.5 Å². The Bertz CT molecular complexity index is 544. The number of halogens is 2. The number of alkyl halides is 2. The van der Waals surface area contributed by atoms with Gasteiger partial charge in [0.15, 0.2) is 11.5 Å². The van der Waals surface area contributed by atoms with Crippen molar-refractivity contribution in [3.63, 3.8) is 0 Å². The molecule has 3 atom stereocenters. The van der Waals surface area contributed by atoms with Crippen LogP contribution in [0.15, 0.2) is 18.2 Å². The van der Waals surface area contributed by atoms with Crippen LogP contribution < -0.4 is 9.47 Å². The van der Waals surface area contributed by atoms with Gasteiger partial charge >= 0.3 is 6.29 Å². The van der Waals surface area contributed by atoms with Crippen LogP contribution in [0.1, 0.15) is 5.56 Å². The first-order valence-electron chi connectivity index (χ1n) is 6.99. The van der Waals surface area contributed by atoms with Gasteiger partial charge in [-0.05, 0) is 24.1 Å². The second-order valence-corrected chi connectivity index (χ2v) is 5.58. The topological polar surface area (TPSA) is 82.4 Å². The molecule has 0 radical (unpaired) electrons. The second kappa shape index (κ2) is 5.62. The Kier molecular flexibility index (Phi) is 3.94. The molecule has 2 heterocycles. The molecular weight excluding hydrogens is 300 g/mol. The molecule has 22 heavy (non-hydrogen) atoms. The molecule has 3 rings (SSSR count). The highest BCUT2D eigenvalue weighted by atomic mass is 19.3. The van der Waals surface area contributed by atoms with Crippen LogP contribution in [-0.4, -0.2) is 64.5 Å². The Morgan fingerprint density at radius 1 is 1.09 bits per heavy atom. The zero-order chi connectivity index (χ0) is 15.9. The summed E-state index contributed by atoms with van der Waals surface area (Å²) in [6.07, 6.45) is -6.24. The number of hydrogen-bond acceptors (Lipinski definition) is 6. The predicted octanol–water partition coefficient (Wildman–Crippen LogP) is -0.0511. The summed E-state index contributed by atoms with van der Waals surface area (Å²) in [6, 6.07) is 4.58. The molecule has 2 aliphatic rings. The fourth-order valence-corrected chi connectivity index (χ4v) is 2.69. The summed E-state index contributed by atoms with van der Waals surface area (Å²) in [5.74, 6) is -0.00248. The van der Waals surface area contributed by atoms with E-state index in [0.717, 1.165) is 5.56 Å². The molecule has 0 bridgehead atoms. The van der Waals surface area contributed by atoms with E-state index in [4.69, 9.17) is 0 Å². The Hall–Kier alpha value is -1.48. The minimum Gasteiger partial charge on any atom is -0.395 e. The number of fused-ring (bicyclic) bond motifs is 1. The van der Waals surface area contributed by atoms with E-state index in [0.29, 0.717) is 13.0 Å². The lowest BCUT2D eigenvalue weighted by Gasteiger charge is -2.36. The van der Waals surface area contributed by atoms with Crippen LogP contribution in [0.3, 0.4) is 0 Å². The number of hydrogen-bond donors (Lipinski definition) is 3. The number of aliphatic hydroxyl groups is 3. The van der Waals surface area contributed by atoms with Crippen molar-refractivity contribution < 1.29 is 33.6 Å². The minimum atomic E-state index is -3.63. The lowest BCUT2D eigenvalue weighted by atomic mass is 10.0. The number of nitrogens with zero attached hydrogens (tertiary/aromatic N) is 1. The fraction of sp³-hybridized carbons (Fsp3) is 0.571. The van der Waals surface area contributed by atoms with Crippen molar-refractivity contribution in [1.29, 1.82) is 0 Å². The van der Waals surface area contributed by atoms with E-state index in [9.17, 15) is 24.1 Å². The highest BCUT2D eigenvalue weighted by molar-refractivity contribution is 5.45. The van der Waals surface area contributed by atoms with E-state index < -0.39 is 24.6 Å². The Labute approximate surface area is 125 Å². The first-order chi connectivity index (χ1) is 10.3. The molecule has 3 N–H and O–H groups in total. The van der Waals surface area contributed by atoms with E-state index in [-0.39, 0.29) is 24.6 Å². The van der Waals surface area contributed by atoms with E-state index in [1.54, 1.807) is 11.0 Å². The lowest BCUT2D eigenvalue weighted by Crippen LogP contribution is -2.55. The SMILES string of the molecule is OC1[C@H](O)CN(CCc2ccc3c(c2)OC(F)(F)O3)C[C@@H]1O. The third-order valence-electron chi connectivity index (χ3n) is 3.86. The van der Waals surface area contributed by atoms with Gasteiger partial charge in [-0.1, -0.05) is 6.07 Å². The van der Waals surface area contributed by atoms with Gasteiger partial charge in [-0.25, -0.2) is 0 Å². The van der Waals surface area contributed by atoms with Crippen LogP contribution in [0, 0.1) is 0 Å². The molecule has 0 saturated carbocycles. The van der Waals surface area contributed by atoms with Crippen molar-refractivity contribution in [2.45, 2.75) is 31.0 Å². The average Bonchev–Trinajstić information content (AvgIpc) is 2.75. The molecule has 1 unspecified atom stereocenters. The van der Waals surface area contributed by atoms with Gasteiger partial charge in [0.2, 0.25) is 0 Å². The monoisotopic (exact) mass is 317 g/mol. The largest absolute Gasteiger partial charge is 0.586 e.